The molecule has 0 saturated heterocycles. The van der Waals surface area contributed by atoms with E-state index in [-0.39, 0.29) is 25.7 Å². The number of aliphatic hydroxyl groups is 1. The van der Waals surface area contributed by atoms with Gasteiger partial charge in [0.2, 0.25) is 0 Å². The fourth-order valence-corrected chi connectivity index (χ4v) is 13.8. The summed E-state index contributed by atoms with van der Waals surface area (Å²) in [4.78, 5) is 72.8. The van der Waals surface area contributed by atoms with Crippen molar-refractivity contribution in [3.63, 3.8) is 0 Å². The first kappa shape index (κ1) is 96.1. The Kier molecular flexibility index (Phi) is 70.6. The Hall–Kier alpha value is -1.94. The first-order valence-corrected chi connectivity index (χ1v) is 44.1. The molecule has 582 valence electrons. The van der Waals surface area contributed by atoms with Crippen molar-refractivity contribution in [1.82, 2.24) is 0 Å². The lowest BCUT2D eigenvalue weighted by molar-refractivity contribution is -0.161. The second-order valence-electron chi connectivity index (χ2n) is 28.9. The molecule has 98 heavy (non-hydrogen) atoms. The summed E-state index contributed by atoms with van der Waals surface area (Å²) in [5, 5.41) is 10.6. The smallest absolute Gasteiger partial charge is 0.462 e. The number of carbonyl (C=O) groups is 4. The number of hydrogen-bond acceptors (Lipinski definition) is 15. The van der Waals surface area contributed by atoms with Crippen molar-refractivity contribution in [2.24, 2.45) is 5.92 Å². The molecule has 2 unspecified atom stereocenters. The van der Waals surface area contributed by atoms with E-state index in [2.05, 4.69) is 34.6 Å². The van der Waals surface area contributed by atoms with Gasteiger partial charge in [-0.2, -0.15) is 0 Å². The van der Waals surface area contributed by atoms with Crippen LogP contribution in [-0.4, -0.2) is 96.7 Å². The molecule has 0 radical (unpaired) electrons. The predicted octanol–water partition coefficient (Wildman–Crippen LogP) is 23.6. The van der Waals surface area contributed by atoms with Crippen LogP contribution in [0.4, 0.5) is 0 Å². The summed E-state index contributed by atoms with van der Waals surface area (Å²) in [5.74, 6) is -1.42. The molecule has 0 aliphatic carbocycles. The van der Waals surface area contributed by atoms with Crippen LogP contribution in [0.15, 0.2) is 0 Å². The van der Waals surface area contributed by atoms with Crippen LogP contribution in [0.1, 0.15) is 420 Å². The van der Waals surface area contributed by atoms with E-state index < -0.39 is 97.5 Å². The van der Waals surface area contributed by atoms with E-state index >= 15 is 0 Å². The molecule has 0 heterocycles. The summed E-state index contributed by atoms with van der Waals surface area (Å²) in [7, 11) is -9.91. The van der Waals surface area contributed by atoms with Crippen LogP contribution < -0.4 is 0 Å². The van der Waals surface area contributed by atoms with Crippen molar-refractivity contribution in [3.05, 3.63) is 0 Å². The quantitative estimate of drug-likeness (QED) is 0.0222. The van der Waals surface area contributed by atoms with Gasteiger partial charge in [-0.25, -0.2) is 9.13 Å². The second kappa shape index (κ2) is 72.0. The van der Waals surface area contributed by atoms with Gasteiger partial charge in [0.25, 0.3) is 0 Å². The topological polar surface area (TPSA) is 237 Å². The predicted molar refractivity (Wildman–Crippen MR) is 400 cm³/mol. The molecule has 0 rings (SSSR count). The number of phosphoric acid groups is 2. The zero-order chi connectivity index (χ0) is 71.9. The number of carbonyl (C=O) groups excluding carboxylic acids is 4. The molecular formula is C79H154O17P2. The molecule has 0 aromatic carbocycles. The van der Waals surface area contributed by atoms with Crippen molar-refractivity contribution in [2.45, 2.75) is 438 Å². The van der Waals surface area contributed by atoms with Gasteiger partial charge >= 0.3 is 39.5 Å². The molecule has 3 N–H and O–H groups in total. The number of phosphoric ester groups is 2. The van der Waals surface area contributed by atoms with E-state index in [0.29, 0.717) is 31.6 Å². The standard InChI is InChI=1S/C79H154O17P2/c1-6-9-12-15-18-21-24-26-28-30-32-34-36-38-40-43-48-53-58-63-77(82)90-68-74(95-78(83)64-59-54-49-44-41-39-37-35-33-31-29-27-25-22-19-16-13-10-7-2)70-93-97(85,86)91-66-73(80)67-92-98(87,88)94-71-75(96-79(84)65-60-55-50-45-46-51-56-61-72(4)5)69-89-76(81)62-57-52-47-42-23-20-17-14-11-8-3/h72-75,80H,6-71H2,1-5H3,(H,85,86)(H,87,88)/t73-,74-,75-/m1/s1. The van der Waals surface area contributed by atoms with Gasteiger partial charge in [-0.15, -0.1) is 0 Å². The van der Waals surface area contributed by atoms with E-state index in [1.165, 1.54) is 244 Å². The van der Waals surface area contributed by atoms with E-state index in [9.17, 15) is 43.2 Å². The van der Waals surface area contributed by atoms with Gasteiger partial charge in [0.05, 0.1) is 26.4 Å². The average Bonchev–Trinajstić information content (AvgIpc) is 1.05. The highest BCUT2D eigenvalue weighted by atomic mass is 31.2. The summed E-state index contributed by atoms with van der Waals surface area (Å²) < 4.78 is 68.6. The maximum absolute atomic E-state index is 13.1. The summed E-state index contributed by atoms with van der Waals surface area (Å²) >= 11 is 0. The molecule has 0 aromatic heterocycles. The van der Waals surface area contributed by atoms with Gasteiger partial charge in [-0.1, -0.05) is 369 Å². The molecule has 0 aromatic rings. The first-order valence-electron chi connectivity index (χ1n) is 41.1. The zero-order valence-electron chi connectivity index (χ0n) is 63.9. The van der Waals surface area contributed by atoms with E-state index in [1.54, 1.807) is 0 Å². The fraction of sp³-hybridized carbons (Fsp3) is 0.949. The van der Waals surface area contributed by atoms with Gasteiger partial charge in [-0.3, -0.25) is 37.3 Å². The molecule has 0 spiro atoms. The van der Waals surface area contributed by atoms with Crippen LogP contribution in [0.2, 0.25) is 0 Å². The van der Waals surface area contributed by atoms with Crippen LogP contribution >= 0.6 is 15.6 Å². The number of unbranched alkanes of at least 4 members (excludes halogenated alkanes) is 51. The molecule has 0 bridgehead atoms. The van der Waals surface area contributed by atoms with Crippen molar-refractivity contribution >= 4 is 39.5 Å². The summed E-state index contributed by atoms with van der Waals surface area (Å²) in [6.45, 7) is 7.24. The van der Waals surface area contributed by atoms with Gasteiger partial charge in [-0.05, 0) is 31.6 Å². The average molecular weight is 1440 g/mol. The Labute approximate surface area is 600 Å². The Bertz CT molecular complexity index is 1870. The van der Waals surface area contributed by atoms with E-state index in [4.69, 9.17) is 37.0 Å². The van der Waals surface area contributed by atoms with Crippen LogP contribution in [0.25, 0.3) is 0 Å². The number of aliphatic hydroxyl groups excluding tert-OH is 1. The normalized spacial score (nSPS) is 13.9. The molecule has 0 fully saturated rings. The van der Waals surface area contributed by atoms with Gasteiger partial charge in [0, 0.05) is 25.7 Å². The Morgan fingerprint density at radius 2 is 0.469 bits per heavy atom. The second-order valence-corrected chi connectivity index (χ2v) is 31.8. The third kappa shape index (κ3) is 72.4. The number of ether oxygens (including phenoxy) is 4. The first-order chi connectivity index (χ1) is 47.5. The SMILES string of the molecule is CCCCCCCCCCCCCCCCCCCCCC(=O)OC[C@H](COP(=O)(O)OC[C@@H](O)COP(=O)(O)OC[C@@H](COC(=O)CCCCCCCCCCCC)OC(=O)CCCCCCCCCC(C)C)OC(=O)CCCCCCCCCCCCCCCCCCCCC. The Morgan fingerprint density at radius 3 is 0.694 bits per heavy atom. The molecule has 5 atom stereocenters. The van der Waals surface area contributed by atoms with Crippen molar-refractivity contribution in [2.75, 3.05) is 39.6 Å². The molecule has 0 saturated carbocycles. The Morgan fingerprint density at radius 1 is 0.276 bits per heavy atom. The van der Waals surface area contributed by atoms with Crippen molar-refractivity contribution in [3.8, 4) is 0 Å². The third-order valence-electron chi connectivity index (χ3n) is 18.5. The summed E-state index contributed by atoms with van der Waals surface area (Å²) in [5.41, 5.74) is 0. The van der Waals surface area contributed by atoms with Crippen molar-refractivity contribution < 1.29 is 80.2 Å². The van der Waals surface area contributed by atoms with E-state index in [0.717, 1.165) is 89.9 Å². The van der Waals surface area contributed by atoms with Crippen LogP contribution in [-0.2, 0) is 65.4 Å². The fourth-order valence-electron chi connectivity index (χ4n) is 12.2. The monoisotopic (exact) mass is 1440 g/mol. The molecule has 0 aliphatic rings. The Balaban J connectivity index is 5.19. The lowest BCUT2D eigenvalue weighted by atomic mass is 10.0. The van der Waals surface area contributed by atoms with Gasteiger partial charge in [0.1, 0.15) is 19.3 Å². The minimum Gasteiger partial charge on any atom is -0.462 e. The largest absolute Gasteiger partial charge is 0.472 e. The lowest BCUT2D eigenvalue weighted by Crippen LogP contribution is -2.30. The summed E-state index contributed by atoms with van der Waals surface area (Å²) in [6.07, 6.45) is 62.7. The highest BCUT2D eigenvalue weighted by Gasteiger charge is 2.30. The minimum atomic E-state index is -4.96. The van der Waals surface area contributed by atoms with Crippen LogP contribution in [0, 0.1) is 5.92 Å². The maximum atomic E-state index is 13.1. The maximum Gasteiger partial charge on any atom is 0.472 e. The van der Waals surface area contributed by atoms with Crippen LogP contribution in [0.5, 0.6) is 0 Å². The third-order valence-corrected chi connectivity index (χ3v) is 20.4. The van der Waals surface area contributed by atoms with Gasteiger partial charge in [0.15, 0.2) is 12.2 Å². The minimum absolute atomic E-state index is 0.104. The molecule has 17 nitrogen and oxygen atoms in total. The number of rotatable bonds is 79. The molecule has 0 aliphatic heterocycles. The highest BCUT2D eigenvalue weighted by molar-refractivity contribution is 7.47. The van der Waals surface area contributed by atoms with Crippen molar-refractivity contribution in [1.29, 1.82) is 0 Å². The number of hydrogen-bond donors (Lipinski definition) is 3. The lowest BCUT2D eigenvalue weighted by Gasteiger charge is -2.21. The zero-order valence-corrected chi connectivity index (χ0v) is 65.7. The highest BCUT2D eigenvalue weighted by Crippen LogP contribution is 2.45. The molecule has 19 heteroatoms. The summed E-state index contributed by atoms with van der Waals surface area (Å²) in [6, 6.07) is 0. The van der Waals surface area contributed by atoms with E-state index in [1.807, 2.05) is 0 Å². The molecular weight excluding hydrogens is 1280 g/mol. The number of esters is 4. The van der Waals surface area contributed by atoms with Crippen LogP contribution in [0.3, 0.4) is 0 Å². The van der Waals surface area contributed by atoms with Gasteiger partial charge < -0.3 is 33.8 Å². The molecule has 0 amide bonds.